The summed E-state index contributed by atoms with van der Waals surface area (Å²) in [5.41, 5.74) is 6.79. The molecule has 0 fully saturated rings. The van der Waals surface area contributed by atoms with Gasteiger partial charge in [0.05, 0.1) is 7.11 Å². The fraction of sp³-hybridized carbons (Fsp3) is 0.143. The Morgan fingerprint density at radius 1 is 1.00 bits per heavy atom. The van der Waals surface area contributed by atoms with Crippen molar-refractivity contribution >= 4 is 5.69 Å². The molecule has 0 bridgehead atoms. The van der Waals surface area contributed by atoms with Crippen molar-refractivity contribution in [3.63, 3.8) is 0 Å². The van der Waals surface area contributed by atoms with Gasteiger partial charge >= 0.3 is 0 Å². The van der Waals surface area contributed by atoms with E-state index in [1.165, 1.54) is 19.2 Å². The molecule has 5 heteroatoms. The van der Waals surface area contributed by atoms with Crippen LogP contribution in [0.25, 0.3) is 0 Å². The minimum Gasteiger partial charge on any atom is -0.494 e. The highest BCUT2D eigenvalue weighted by atomic mass is 19.2. The fourth-order valence-corrected chi connectivity index (χ4v) is 1.63. The predicted molar refractivity (Wildman–Crippen MR) is 69.8 cm³/mol. The molecular formula is C14H14F2N2O. The third-order valence-corrected chi connectivity index (χ3v) is 2.63. The van der Waals surface area contributed by atoms with Crippen molar-refractivity contribution in [3.8, 4) is 5.75 Å². The molecule has 2 aromatic carbocycles. The standard InChI is InChI=1S/C14H14F2N2O/c1-19-12-8-7-10(13(15)14(12)16)9-17-18-11-5-3-2-4-6-11/h2-8,17-18H,9H2,1H3. The first-order chi connectivity index (χ1) is 9.22. The highest BCUT2D eigenvalue weighted by Crippen LogP contribution is 2.22. The second-order valence-electron chi connectivity index (χ2n) is 3.90. The van der Waals surface area contributed by atoms with E-state index in [0.29, 0.717) is 0 Å². The van der Waals surface area contributed by atoms with Crippen LogP contribution in [0.3, 0.4) is 0 Å². The molecule has 0 aromatic heterocycles. The Balaban J connectivity index is 1.99. The van der Waals surface area contributed by atoms with Gasteiger partial charge in [0.15, 0.2) is 11.6 Å². The highest BCUT2D eigenvalue weighted by molar-refractivity contribution is 5.41. The van der Waals surface area contributed by atoms with Crippen molar-refractivity contribution in [1.29, 1.82) is 0 Å². The van der Waals surface area contributed by atoms with Crippen molar-refractivity contribution in [3.05, 3.63) is 59.7 Å². The molecule has 2 N–H and O–H groups in total. The zero-order chi connectivity index (χ0) is 13.7. The molecule has 0 aliphatic carbocycles. The molecule has 3 nitrogen and oxygen atoms in total. The van der Waals surface area contributed by atoms with E-state index in [1.807, 2.05) is 30.3 Å². The first-order valence-electron chi connectivity index (χ1n) is 5.77. The third kappa shape index (κ3) is 3.20. The number of hydrazine groups is 1. The van der Waals surface area contributed by atoms with E-state index in [9.17, 15) is 8.78 Å². The maximum absolute atomic E-state index is 13.7. The number of anilines is 1. The Hall–Kier alpha value is -2.14. The van der Waals surface area contributed by atoms with E-state index in [0.717, 1.165) is 5.69 Å². The van der Waals surface area contributed by atoms with E-state index in [2.05, 4.69) is 10.9 Å². The van der Waals surface area contributed by atoms with Crippen molar-refractivity contribution in [1.82, 2.24) is 5.43 Å². The molecule has 0 aliphatic rings. The van der Waals surface area contributed by atoms with Crippen LogP contribution < -0.4 is 15.6 Å². The maximum atomic E-state index is 13.7. The Bertz CT molecular complexity index is 547. The lowest BCUT2D eigenvalue weighted by Gasteiger charge is -2.10. The SMILES string of the molecule is COc1ccc(CNNc2ccccc2)c(F)c1F. The van der Waals surface area contributed by atoms with Crippen LogP contribution in [0.15, 0.2) is 42.5 Å². The summed E-state index contributed by atoms with van der Waals surface area (Å²) in [7, 11) is 1.30. The summed E-state index contributed by atoms with van der Waals surface area (Å²) in [6.07, 6.45) is 0. The summed E-state index contributed by atoms with van der Waals surface area (Å²) < 4.78 is 31.8. The number of benzene rings is 2. The van der Waals surface area contributed by atoms with Crippen molar-refractivity contribution in [2.45, 2.75) is 6.54 Å². The van der Waals surface area contributed by atoms with Crippen LogP contribution in [0, 0.1) is 11.6 Å². The van der Waals surface area contributed by atoms with Crippen LogP contribution in [0.1, 0.15) is 5.56 Å². The molecule has 2 rings (SSSR count). The van der Waals surface area contributed by atoms with Crippen molar-refractivity contribution in [2.75, 3.05) is 12.5 Å². The van der Waals surface area contributed by atoms with Gasteiger partial charge in [0, 0.05) is 17.8 Å². The second kappa shape index (κ2) is 6.15. The summed E-state index contributed by atoms with van der Waals surface area (Å²) >= 11 is 0. The molecule has 2 aromatic rings. The molecular weight excluding hydrogens is 250 g/mol. The normalized spacial score (nSPS) is 10.3. The van der Waals surface area contributed by atoms with Gasteiger partial charge in [-0.2, -0.15) is 4.39 Å². The minimum absolute atomic E-state index is 0.0998. The van der Waals surface area contributed by atoms with E-state index >= 15 is 0 Å². The number of methoxy groups -OCH3 is 1. The van der Waals surface area contributed by atoms with Gasteiger partial charge in [-0.1, -0.05) is 24.3 Å². The number of rotatable bonds is 5. The lowest BCUT2D eigenvalue weighted by atomic mass is 10.2. The van der Waals surface area contributed by atoms with Gasteiger partial charge < -0.3 is 10.2 Å². The average molecular weight is 264 g/mol. The van der Waals surface area contributed by atoms with Gasteiger partial charge in [-0.15, -0.1) is 0 Å². The maximum Gasteiger partial charge on any atom is 0.200 e. The van der Waals surface area contributed by atoms with Gasteiger partial charge in [-0.05, 0) is 18.2 Å². The van der Waals surface area contributed by atoms with E-state index < -0.39 is 11.6 Å². The smallest absolute Gasteiger partial charge is 0.200 e. The molecule has 0 radical (unpaired) electrons. The highest BCUT2D eigenvalue weighted by Gasteiger charge is 2.13. The number of halogens is 2. The van der Waals surface area contributed by atoms with Gasteiger partial charge in [-0.3, -0.25) is 0 Å². The number of ether oxygens (including phenoxy) is 1. The molecule has 0 atom stereocenters. The molecule has 0 saturated heterocycles. The Kier molecular flexibility index (Phi) is 4.30. The molecule has 19 heavy (non-hydrogen) atoms. The molecule has 0 saturated carbocycles. The number of hydrogen-bond donors (Lipinski definition) is 2. The topological polar surface area (TPSA) is 33.3 Å². The zero-order valence-electron chi connectivity index (χ0n) is 10.4. The van der Waals surface area contributed by atoms with E-state index in [4.69, 9.17) is 4.74 Å². The van der Waals surface area contributed by atoms with Crippen molar-refractivity contribution < 1.29 is 13.5 Å². The largest absolute Gasteiger partial charge is 0.494 e. The first-order valence-corrected chi connectivity index (χ1v) is 5.77. The number of nitrogens with one attached hydrogen (secondary N) is 2. The van der Waals surface area contributed by atoms with Crippen LogP contribution in [-0.2, 0) is 6.54 Å². The molecule has 0 amide bonds. The van der Waals surface area contributed by atoms with Crippen LogP contribution in [0.2, 0.25) is 0 Å². The van der Waals surface area contributed by atoms with E-state index in [-0.39, 0.29) is 17.9 Å². The average Bonchev–Trinajstić information content (AvgIpc) is 2.45. The fourth-order valence-electron chi connectivity index (χ4n) is 1.63. The summed E-state index contributed by atoms with van der Waals surface area (Å²) in [4.78, 5) is 0. The molecule has 0 heterocycles. The molecule has 0 unspecified atom stereocenters. The predicted octanol–water partition coefficient (Wildman–Crippen LogP) is 3.09. The van der Waals surface area contributed by atoms with Crippen LogP contribution >= 0.6 is 0 Å². The summed E-state index contributed by atoms with van der Waals surface area (Å²) in [5.74, 6) is -1.97. The van der Waals surface area contributed by atoms with Crippen molar-refractivity contribution in [2.24, 2.45) is 0 Å². The summed E-state index contributed by atoms with van der Waals surface area (Å²) in [5, 5.41) is 0. The Morgan fingerprint density at radius 3 is 2.42 bits per heavy atom. The van der Waals surface area contributed by atoms with Crippen LogP contribution in [0.4, 0.5) is 14.5 Å². The molecule has 0 aliphatic heterocycles. The monoisotopic (exact) mass is 264 g/mol. The number of para-hydroxylation sites is 1. The third-order valence-electron chi connectivity index (χ3n) is 2.63. The lowest BCUT2D eigenvalue weighted by Crippen LogP contribution is -2.21. The Morgan fingerprint density at radius 2 is 1.74 bits per heavy atom. The van der Waals surface area contributed by atoms with Gasteiger partial charge in [0.2, 0.25) is 5.82 Å². The first kappa shape index (κ1) is 13.3. The Labute approximate surface area is 110 Å². The van der Waals surface area contributed by atoms with E-state index in [1.54, 1.807) is 0 Å². The zero-order valence-corrected chi connectivity index (χ0v) is 10.4. The minimum atomic E-state index is -0.971. The van der Waals surface area contributed by atoms with Gasteiger partial charge in [-0.25, -0.2) is 9.82 Å². The van der Waals surface area contributed by atoms with Gasteiger partial charge in [0.1, 0.15) is 0 Å². The lowest BCUT2D eigenvalue weighted by molar-refractivity contribution is 0.369. The van der Waals surface area contributed by atoms with Gasteiger partial charge in [0.25, 0.3) is 0 Å². The van der Waals surface area contributed by atoms with Crippen LogP contribution in [0.5, 0.6) is 5.75 Å². The number of hydrogen-bond acceptors (Lipinski definition) is 3. The quantitative estimate of drug-likeness (QED) is 0.814. The molecule has 0 spiro atoms. The second-order valence-corrected chi connectivity index (χ2v) is 3.90. The molecule has 100 valence electrons. The van der Waals surface area contributed by atoms with Crippen LogP contribution in [-0.4, -0.2) is 7.11 Å². The summed E-state index contributed by atoms with van der Waals surface area (Å²) in [6.45, 7) is 0.154. The summed E-state index contributed by atoms with van der Waals surface area (Å²) in [6, 6.07) is 12.2.